The summed E-state index contributed by atoms with van der Waals surface area (Å²) in [5.41, 5.74) is 0.00755. The number of ketones is 1. The molecule has 5 heteroatoms. The fourth-order valence-corrected chi connectivity index (χ4v) is 1.92. The van der Waals surface area contributed by atoms with Crippen LogP contribution in [0.2, 0.25) is 5.02 Å². The first-order valence-corrected chi connectivity index (χ1v) is 5.98. The Kier molecular flexibility index (Phi) is 3.77. The Morgan fingerprint density at radius 2 is 2.28 bits per heavy atom. The molecule has 0 spiro atoms. The Bertz CT molecular complexity index is 580. The van der Waals surface area contributed by atoms with Crippen molar-refractivity contribution in [3.8, 4) is 0 Å². The highest BCUT2D eigenvalue weighted by molar-refractivity contribution is 6.31. The number of hydrogen-bond acceptors (Lipinski definition) is 2. The monoisotopic (exact) mass is 266 g/mol. The van der Waals surface area contributed by atoms with E-state index in [9.17, 15) is 9.18 Å². The maximum atomic E-state index is 13.5. The summed E-state index contributed by atoms with van der Waals surface area (Å²) in [6.07, 6.45) is 3.48. The molecule has 2 aromatic rings. The third-order valence-electron chi connectivity index (χ3n) is 2.69. The van der Waals surface area contributed by atoms with E-state index in [2.05, 4.69) is 4.98 Å². The molecule has 0 amide bonds. The van der Waals surface area contributed by atoms with Crippen LogP contribution in [0.25, 0.3) is 0 Å². The molecule has 2 rings (SSSR count). The number of aryl methyl sites for hydroxylation is 1. The molecular formula is C13H12ClFN2O. The number of nitrogens with zero attached hydrogens (tertiary/aromatic N) is 2. The number of imidazole rings is 1. The lowest BCUT2D eigenvalue weighted by Crippen LogP contribution is -2.11. The van der Waals surface area contributed by atoms with Crippen LogP contribution in [0.3, 0.4) is 0 Å². The van der Waals surface area contributed by atoms with E-state index >= 15 is 0 Å². The largest absolute Gasteiger partial charge is 0.335 e. The van der Waals surface area contributed by atoms with Crippen molar-refractivity contribution in [3.63, 3.8) is 0 Å². The molecule has 0 N–H and O–H groups in total. The molecule has 3 nitrogen and oxygen atoms in total. The molecule has 0 aliphatic heterocycles. The van der Waals surface area contributed by atoms with Crippen molar-refractivity contribution in [1.29, 1.82) is 0 Å². The van der Waals surface area contributed by atoms with Gasteiger partial charge in [0.25, 0.3) is 0 Å². The van der Waals surface area contributed by atoms with E-state index in [1.165, 1.54) is 18.2 Å². The van der Waals surface area contributed by atoms with Crippen LogP contribution in [0.5, 0.6) is 0 Å². The van der Waals surface area contributed by atoms with Gasteiger partial charge in [-0.15, -0.1) is 0 Å². The van der Waals surface area contributed by atoms with Gasteiger partial charge in [-0.3, -0.25) is 4.79 Å². The minimum atomic E-state index is -0.556. The number of halogens is 2. The van der Waals surface area contributed by atoms with Crippen molar-refractivity contribution in [2.45, 2.75) is 19.9 Å². The highest BCUT2D eigenvalue weighted by Gasteiger charge is 2.15. The van der Waals surface area contributed by atoms with Crippen molar-refractivity contribution in [3.05, 3.63) is 52.8 Å². The Balaban J connectivity index is 2.25. The molecule has 0 saturated carbocycles. The smallest absolute Gasteiger partial charge is 0.173 e. The molecule has 0 aliphatic carbocycles. The van der Waals surface area contributed by atoms with Crippen molar-refractivity contribution in [2.75, 3.05) is 0 Å². The van der Waals surface area contributed by atoms with Gasteiger partial charge in [0.2, 0.25) is 0 Å². The van der Waals surface area contributed by atoms with Crippen LogP contribution in [-0.4, -0.2) is 15.3 Å². The van der Waals surface area contributed by atoms with E-state index in [-0.39, 0.29) is 17.8 Å². The van der Waals surface area contributed by atoms with Gasteiger partial charge < -0.3 is 4.57 Å². The number of carbonyl (C=O) groups excluding carboxylic acids is 1. The van der Waals surface area contributed by atoms with Gasteiger partial charge in [0.15, 0.2) is 5.78 Å². The van der Waals surface area contributed by atoms with Gasteiger partial charge in [0.1, 0.15) is 11.6 Å². The number of Topliss-reactive ketones (excluding diaryl/α,β-unsaturated/α-hetero) is 1. The zero-order valence-electron chi connectivity index (χ0n) is 9.86. The van der Waals surface area contributed by atoms with E-state index < -0.39 is 5.82 Å². The quantitative estimate of drug-likeness (QED) is 0.797. The number of rotatable bonds is 4. The van der Waals surface area contributed by atoms with Gasteiger partial charge in [0, 0.05) is 24.0 Å². The van der Waals surface area contributed by atoms with Gasteiger partial charge in [-0.25, -0.2) is 9.37 Å². The first-order chi connectivity index (χ1) is 8.61. The molecule has 0 radical (unpaired) electrons. The van der Waals surface area contributed by atoms with Crippen LogP contribution in [0, 0.1) is 5.82 Å². The summed E-state index contributed by atoms with van der Waals surface area (Å²) in [4.78, 5) is 16.1. The molecule has 18 heavy (non-hydrogen) atoms. The maximum Gasteiger partial charge on any atom is 0.173 e. The summed E-state index contributed by atoms with van der Waals surface area (Å²) in [6.45, 7) is 2.68. The second-order valence-electron chi connectivity index (χ2n) is 3.85. The molecule has 94 valence electrons. The normalized spacial score (nSPS) is 10.6. The molecule has 0 aliphatic rings. The highest BCUT2D eigenvalue weighted by atomic mass is 35.5. The minimum absolute atomic E-state index is 0.00755. The van der Waals surface area contributed by atoms with Crippen molar-refractivity contribution in [2.24, 2.45) is 0 Å². The molecule has 1 aromatic carbocycles. The van der Waals surface area contributed by atoms with Gasteiger partial charge >= 0.3 is 0 Å². The lowest BCUT2D eigenvalue weighted by molar-refractivity contribution is 0.0986. The topological polar surface area (TPSA) is 34.9 Å². The van der Waals surface area contributed by atoms with E-state index in [0.29, 0.717) is 10.8 Å². The molecule has 0 unspecified atom stereocenters. The van der Waals surface area contributed by atoms with Crippen LogP contribution >= 0.6 is 11.6 Å². The minimum Gasteiger partial charge on any atom is -0.335 e. The Morgan fingerprint density at radius 3 is 3.00 bits per heavy atom. The summed E-state index contributed by atoms with van der Waals surface area (Å²) in [7, 11) is 0. The first-order valence-electron chi connectivity index (χ1n) is 5.60. The number of aromatic nitrogens is 2. The van der Waals surface area contributed by atoms with Crippen LogP contribution in [-0.2, 0) is 13.0 Å². The van der Waals surface area contributed by atoms with Crippen LogP contribution < -0.4 is 0 Å². The fourth-order valence-electron chi connectivity index (χ4n) is 1.75. The summed E-state index contributed by atoms with van der Waals surface area (Å²) < 4.78 is 15.4. The molecule has 0 atom stereocenters. The lowest BCUT2D eigenvalue weighted by Gasteiger charge is -2.05. The van der Waals surface area contributed by atoms with Crippen molar-refractivity contribution >= 4 is 17.4 Å². The molecule has 0 bridgehead atoms. The van der Waals surface area contributed by atoms with E-state index in [1.54, 1.807) is 12.4 Å². The Hall–Kier alpha value is -1.68. The average molecular weight is 267 g/mol. The standard InChI is InChI=1S/C13H12ClFN2O/c1-2-17-6-5-16-13(17)8-12(18)10-7-9(14)3-4-11(10)15/h3-7H,2,8H2,1H3. The lowest BCUT2D eigenvalue weighted by atomic mass is 10.1. The van der Waals surface area contributed by atoms with Gasteiger partial charge in [-0.1, -0.05) is 11.6 Å². The molecule has 0 fully saturated rings. The zero-order valence-corrected chi connectivity index (χ0v) is 10.6. The maximum absolute atomic E-state index is 13.5. The second-order valence-corrected chi connectivity index (χ2v) is 4.29. The van der Waals surface area contributed by atoms with Gasteiger partial charge in [-0.05, 0) is 25.1 Å². The average Bonchev–Trinajstić information content (AvgIpc) is 2.79. The summed E-state index contributed by atoms with van der Waals surface area (Å²) in [6, 6.07) is 3.96. The fraction of sp³-hybridized carbons (Fsp3) is 0.231. The van der Waals surface area contributed by atoms with E-state index in [0.717, 1.165) is 6.54 Å². The third-order valence-corrected chi connectivity index (χ3v) is 2.92. The summed E-state index contributed by atoms with van der Waals surface area (Å²) in [5, 5.41) is 0.346. The van der Waals surface area contributed by atoms with E-state index in [4.69, 9.17) is 11.6 Å². The number of hydrogen-bond donors (Lipinski definition) is 0. The Labute approximate surface area is 109 Å². The third kappa shape index (κ3) is 2.59. The van der Waals surface area contributed by atoms with Crippen LogP contribution in [0.15, 0.2) is 30.6 Å². The predicted octanol–water partition coefficient (Wildman–Crippen LogP) is 3.12. The highest BCUT2D eigenvalue weighted by Crippen LogP contribution is 2.16. The second kappa shape index (κ2) is 5.31. The van der Waals surface area contributed by atoms with Crippen LogP contribution in [0.1, 0.15) is 23.1 Å². The van der Waals surface area contributed by atoms with Gasteiger partial charge in [0.05, 0.1) is 12.0 Å². The van der Waals surface area contributed by atoms with Crippen molar-refractivity contribution in [1.82, 2.24) is 9.55 Å². The van der Waals surface area contributed by atoms with Crippen molar-refractivity contribution < 1.29 is 9.18 Å². The SMILES string of the molecule is CCn1ccnc1CC(=O)c1cc(Cl)ccc1F. The molecule has 1 heterocycles. The molecule has 1 aromatic heterocycles. The first kappa shape index (κ1) is 12.8. The number of carbonyl (C=O) groups is 1. The number of benzene rings is 1. The van der Waals surface area contributed by atoms with E-state index in [1.807, 2.05) is 11.5 Å². The van der Waals surface area contributed by atoms with Gasteiger partial charge in [-0.2, -0.15) is 0 Å². The Morgan fingerprint density at radius 1 is 1.50 bits per heavy atom. The predicted molar refractivity (Wildman–Crippen MR) is 67.3 cm³/mol. The summed E-state index contributed by atoms with van der Waals surface area (Å²) >= 11 is 5.76. The summed E-state index contributed by atoms with van der Waals surface area (Å²) in [5.74, 6) is -0.253. The molecule has 0 saturated heterocycles. The van der Waals surface area contributed by atoms with Crippen LogP contribution in [0.4, 0.5) is 4.39 Å². The zero-order chi connectivity index (χ0) is 13.1. The molecular weight excluding hydrogens is 255 g/mol.